The quantitative estimate of drug-likeness (QED) is 0.312. The van der Waals surface area contributed by atoms with E-state index in [1.165, 1.54) is 12.1 Å². The van der Waals surface area contributed by atoms with Crippen LogP contribution in [0.4, 0.5) is 4.39 Å². The minimum atomic E-state index is -0.275. The molecule has 0 spiro atoms. The average Bonchev–Trinajstić information content (AvgIpc) is 3.52. The molecule has 1 amide bonds. The first-order chi connectivity index (χ1) is 17.5. The molecule has 0 saturated carbocycles. The number of aryl methyl sites for hydroxylation is 2. The zero-order valence-electron chi connectivity index (χ0n) is 20.1. The lowest BCUT2D eigenvalue weighted by molar-refractivity contribution is -0.122. The predicted molar refractivity (Wildman–Crippen MR) is 142 cm³/mol. The van der Waals surface area contributed by atoms with E-state index >= 15 is 0 Å². The van der Waals surface area contributed by atoms with E-state index in [0.717, 1.165) is 44.1 Å². The maximum Gasteiger partial charge on any atom is 0.278 e. The summed E-state index contributed by atoms with van der Waals surface area (Å²) in [6.45, 7) is 2.50. The van der Waals surface area contributed by atoms with Gasteiger partial charge in [-0.25, -0.2) is 9.38 Å². The number of amides is 1. The number of rotatable bonds is 5. The second-order valence-corrected chi connectivity index (χ2v) is 9.25. The zero-order chi connectivity index (χ0) is 24.8. The fraction of sp³-hybridized carbons (Fsp3) is 0.133. The van der Waals surface area contributed by atoms with E-state index < -0.39 is 0 Å². The third kappa shape index (κ3) is 3.81. The van der Waals surface area contributed by atoms with Gasteiger partial charge in [-0.2, -0.15) is 0 Å². The Bertz CT molecular complexity index is 1690. The number of aromatic nitrogens is 2. The summed E-state index contributed by atoms with van der Waals surface area (Å²) >= 11 is 0. The second kappa shape index (κ2) is 8.64. The number of amidine groups is 1. The molecule has 1 aliphatic rings. The van der Waals surface area contributed by atoms with Gasteiger partial charge in [0.05, 0.1) is 0 Å². The van der Waals surface area contributed by atoms with Gasteiger partial charge in [-0.1, -0.05) is 48.0 Å². The third-order valence-electron chi connectivity index (χ3n) is 6.81. The normalized spacial score (nSPS) is 15.0. The van der Waals surface area contributed by atoms with Crippen molar-refractivity contribution in [2.45, 2.75) is 13.3 Å². The molecule has 0 radical (unpaired) electrons. The molecule has 3 aromatic carbocycles. The number of nitrogens with one attached hydrogen (secondary N) is 1. The van der Waals surface area contributed by atoms with E-state index in [-0.39, 0.29) is 11.7 Å². The van der Waals surface area contributed by atoms with E-state index in [2.05, 4.69) is 21.7 Å². The number of aromatic amines is 1. The smallest absolute Gasteiger partial charge is 0.278 e. The summed E-state index contributed by atoms with van der Waals surface area (Å²) in [5.41, 5.74) is 6.32. The number of hydrogen-bond acceptors (Lipinski definition) is 2. The molecule has 6 heteroatoms. The Kier molecular flexibility index (Phi) is 5.29. The number of H-pyrrole nitrogens is 1. The van der Waals surface area contributed by atoms with Crippen molar-refractivity contribution in [3.05, 3.63) is 113 Å². The molecule has 0 fully saturated rings. The maximum atomic E-state index is 13.7. The molecule has 5 nitrogen and oxygen atoms in total. The molecule has 5 aromatic rings. The Balaban J connectivity index is 1.37. The minimum absolute atomic E-state index is 0.121. The molecule has 1 N–H and O–H groups in total. The van der Waals surface area contributed by atoms with Crippen LogP contribution in [0, 0.1) is 12.7 Å². The lowest BCUT2D eigenvalue weighted by atomic mass is 10.1. The summed E-state index contributed by atoms with van der Waals surface area (Å²) in [5.74, 6) is 0.254. The van der Waals surface area contributed by atoms with Crippen LogP contribution in [-0.4, -0.2) is 32.7 Å². The van der Waals surface area contributed by atoms with Gasteiger partial charge in [0, 0.05) is 58.9 Å². The number of carbonyl (C=O) groups is 1. The number of hydrogen-bond donors (Lipinski definition) is 1. The summed E-state index contributed by atoms with van der Waals surface area (Å²) in [6.07, 6.45) is 6.41. The second-order valence-electron chi connectivity index (χ2n) is 9.25. The number of nitrogens with zero attached hydrogens (tertiary/aromatic N) is 3. The zero-order valence-corrected chi connectivity index (χ0v) is 20.1. The molecule has 0 saturated heterocycles. The lowest BCUT2D eigenvalue weighted by Gasteiger charge is -2.18. The Labute approximate surface area is 208 Å². The lowest BCUT2D eigenvalue weighted by Crippen LogP contribution is -2.34. The molecule has 1 aliphatic heterocycles. The highest BCUT2D eigenvalue weighted by Crippen LogP contribution is 2.28. The van der Waals surface area contributed by atoms with Crippen molar-refractivity contribution in [1.82, 2.24) is 14.5 Å². The third-order valence-corrected chi connectivity index (χ3v) is 6.81. The molecule has 0 unspecified atom stereocenters. The van der Waals surface area contributed by atoms with Crippen molar-refractivity contribution in [3.8, 4) is 0 Å². The molecule has 36 heavy (non-hydrogen) atoms. The van der Waals surface area contributed by atoms with Gasteiger partial charge in [0.15, 0.2) is 0 Å². The van der Waals surface area contributed by atoms with E-state index in [4.69, 9.17) is 4.99 Å². The van der Waals surface area contributed by atoms with Crippen molar-refractivity contribution in [3.63, 3.8) is 0 Å². The van der Waals surface area contributed by atoms with Gasteiger partial charge in [0.2, 0.25) is 0 Å². The summed E-state index contributed by atoms with van der Waals surface area (Å²) < 4.78 is 15.7. The SMILES string of the molecule is Cc1ccc(C2=N/C(=C\c3cn(C)c4ccccc34)C(=O)N2CCc2c[nH]c3cc(F)ccc23)cc1. The predicted octanol–water partition coefficient (Wildman–Crippen LogP) is 5.98. The van der Waals surface area contributed by atoms with E-state index in [0.29, 0.717) is 24.5 Å². The van der Waals surface area contributed by atoms with Gasteiger partial charge in [-0.05, 0) is 49.2 Å². The van der Waals surface area contributed by atoms with Crippen LogP contribution in [0.2, 0.25) is 0 Å². The molecule has 3 heterocycles. The summed E-state index contributed by atoms with van der Waals surface area (Å²) in [5, 5.41) is 2.04. The van der Waals surface area contributed by atoms with Crippen molar-refractivity contribution >= 4 is 39.6 Å². The maximum absolute atomic E-state index is 13.7. The van der Waals surface area contributed by atoms with Crippen LogP contribution in [0.25, 0.3) is 27.9 Å². The number of para-hydroxylation sites is 1. The standard InChI is InChI=1S/C30H25FN4O/c1-19-7-9-20(10-8-19)29-33-27(15-22-18-34(2)28-6-4-3-5-25(22)28)30(36)35(29)14-13-21-17-32-26-16-23(31)11-12-24(21)26/h3-12,15-18,32H,13-14H2,1-2H3/b27-15-. The minimum Gasteiger partial charge on any atom is -0.361 e. The Morgan fingerprint density at radius 1 is 1.03 bits per heavy atom. The first-order valence-corrected chi connectivity index (χ1v) is 12.0. The van der Waals surface area contributed by atoms with Crippen molar-refractivity contribution in [1.29, 1.82) is 0 Å². The summed E-state index contributed by atoms with van der Waals surface area (Å²) in [7, 11) is 2.00. The summed E-state index contributed by atoms with van der Waals surface area (Å²) in [6, 6.07) is 20.9. The van der Waals surface area contributed by atoms with Crippen molar-refractivity contribution in [2.24, 2.45) is 12.0 Å². The first-order valence-electron chi connectivity index (χ1n) is 12.0. The van der Waals surface area contributed by atoms with Gasteiger partial charge in [0.25, 0.3) is 5.91 Å². The van der Waals surface area contributed by atoms with Crippen LogP contribution in [0.5, 0.6) is 0 Å². The van der Waals surface area contributed by atoms with Gasteiger partial charge in [-0.3, -0.25) is 9.69 Å². The fourth-order valence-corrected chi connectivity index (χ4v) is 4.91. The van der Waals surface area contributed by atoms with Gasteiger partial charge < -0.3 is 9.55 Å². The molecular weight excluding hydrogens is 451 g/mol. The number of benzene rings is 3. The van der Waals surface area contributed by atoms with E-state index in [1.807, 2.05) is 68.8 Å². The van der Waals surface area contributed by atoms with Crippen LogP contribution in [0.15, 0.2) is 89.8 Å². The molecule has 2 aromatic heterocycles. The van der Waals surface area contributed by atoms with Gasteiger partial charge >= 0.3 is 0 Å². The average molecular weight is 477 g/mol. The van der Waals surface area contributed by atoms with Gasteiger partial charge in [-0.15, -0.1) is 0 Å². The molecule has 0 aliphatic carbocycles. The monoisotopic (exact) mass is 476 g/mol. The number of aliphatic imine (C=N–C) groups is 1. The topological polar surface area (TPSA) is 53.4 Å². The van der Waals surface area contributed by atoms with Gasteiger partial charge in [0.1, 0.15) is 17.3 Å². The van der Waals surface area contributed by atoms with E-state index in [9.17, 15) is 9.18 Å². The fourth-order valence-electron chi connectivity index (χ4n) is 4.91. The Morgan fingerprint density at radius 2 is 1.83 bits per heavy atom. The van der Waals surface area contributed by atoms with E-state index in [1.54, 1.807) is 11.0 Å². The van der Waals surface area contributed by atoms with Crippen LogP contribution in [-0.2, 0) is 18.3 Å². The highest BCUT2D eigenvalue weighted by molar-refractivity contribution is 6.20. The molecule has 6 rings (SSSR count). The highest BCUT2D eigenvalue weighted by Gasteiger charge is 2.31. The summed E-state index contributed by atoms with van der Waals surface area (Å²) in [4.78, 5) is 23.4. The Morgan fingerprint density at radius 3 is 2.67 bits per heavy atom. The molecule has 0 bridgehead atoms. The first kappa shape index (κ1) is 22.0. The van der Waals surface area contributed by atoms with Crippen molar-refractivity contribution < 1.29 is 9.18 Å². The molecule has 178 valence electrons. The van der Waals surface area contributed by atoms with Crippen LogP contribution >= 0.6 is 0 Å². The van der Waals surface area contributed by atoms with Crippen molar-refractivity contribution in [2.75, 3.05) is 6.54 Å². The number of fused-ring (bicyclic) bond motifs is 2. The van der Waals surface area contributed by atoms with Crippen LogP contribution in [0.3, 0.4) is 0 Å². The van der Waals surface area contributed by atoms with Crippen LogP contribution < -0.4 is 0 Å². The number of halogens is 1. The largest absolute Gasteiger partial charge is 0.361 e. The highest BCUT2D eigenvalue weighted by atomic mass is 19.1. The number of carbonyl (C=O) groups excluding carboxylic acids is 1. The van der Waals surface area contributed by atoms with Crippen LogP contribution in [0.1, 0.15) is 22.3 Å². The Hall–Kier alpha value is -4.45. The molecule has 0 atom stereocenters. The molecular formula is C30H25FN4O.